The van der Waals surface area contributed by atoms with Gasteiger partial charge in [0.2, 0.25) is 11.8 Å². The van der Waals surface area contributed by atoms with Gasteiger partial charge in [-0.2, -0.15) is 11.8 Å². The van der Waals surface area contributed by atoms with E-state index in [-0.39, 0.29) is 17.9 Å². The fourth-order valence-electron chi connectivity index (χ4n) is 3.00. The maximum atomic E-state index is 12.6. The Morgan fingerprint density at radius 2 is 1.91 bits per heavy atom. The third-order valence-electron chi connectivity index (χ3n) is 4.32. The zero-order valence-electron chi connectivity index (χ0n) is 13.2. The molecule has 0 radical (unpaired) electrons. The lowest BCUT2D eigenvalue weighted by molar-refractivity contribution is -0.137. The van der Waals surface area contributed by atoms with Crippen molar-refractivity contribution in [1.82, 2.24) is 15.1 Å². The molecule has 1 aromatic carbocycles. The molecule has 2 saturated heterocycles. The molecule has 23 heavy (non-hydrogen) atoms. The van der Waals surface area contributed by atoms with Crippen LogP contribution in [0.25, 0.3) is 0 Å². The number of nitrogens with zero attached hydrogens (tertiary/aromatic N) is 2. The maximum absolute atomic E-state index is 12.6. The van der Waals surface area contributed by atoms with Crippen molar-refractivity contribution in [2.75, 3.05) is 37.7 Å². The Kier molecular flexibility index (Phi) is 5.56. The zero-order chi connectivity index (χ0) is 16.1. The number of hydrogen-bond acceptors (Lipinski definition) is 4. The van der Waals surface area contributed by atoms with Crippen LogP contribution in [0.1, 0.15) is 12.0 Å². The number of rotatable bonds is 3. The number of hydrogen-bond donors (Lipinski definition) is 1. The van der Waals surface area contributed by atoms with Crippen LogP contribution in [-0.2, 0) is 16.1 Å². The molecule has 1 aromatic rings. The molecular weight excluding hydrogens is 310 g/mol. The van der Waals surface area contributed by atoms with E-state index in [2.05, 4.69) is 34.5 Å². The van der Waals surface area contributed by atoms with Gasteiger partial charge in [0.1, 0.15) is 6.04 Å². The molecule has 0 unspecified atom stereocenters. The fourth-order valence-corrected chi connectivity index (χ4v) is 3.95. The summed E-state index contributed by atoms with van der Waals surface area (Å²) in [5.74, 6) is 1.57. The van der Waals surface area contributed by atoms with Crippen LogP contribution in [0.2, 0.25) is 0 Å². The SMILES string of the molecule is O=C1CCSC[C@@H](C(=O)N2CCN(Cc3ccccc3)CC2)N1. The van der Waals surface area contributed by atoms with Gasteiger partial charge in [-0.05, 0) is 5.56 Å². The van der Waals surface area contributed by atoms with E-state index in [0.717, 1.165) is 38.5 Å². The normalized spacial score (nSPS) is 23.2. The Balaban J connectivity index is 1.50. The summed E-state index contributed by atoms with van der Waals surface area (Å²) in [5.41, 5.74) is 1.31. The summed E-state index contributed by atoms with van der Waals surface area (Å²) in [7, 11) is 0. The largest absolute Gasteiger partial charge is 0.343 e. The van der Waals surface area contributed by atoms with Crippen molar-refractivity contribution < 1.29 is 9.59 Å². The Bertz CT molecular complexity index is 544. The van der Waals surface area contributed by atoms with Crippen LogP contribution >= 0.6 is 11.8 Å². The van der Waals surface area contributed by atoms with E-state index in [1.807, 2.05) is 11.0 Å². The molecule has 1 N–H and O–H groups in total. The highest BCUT2D eigenvalue weighted by molar-refractivity contribution is 7.99. The van der Waals surface area contributed by atoms with E-state index in [0.29, 0.717) is 12.2 Å². The van der Waals surface area contributed by atoms with Gasteiger partial charge in [0.15, 0.2) is 0 Å². The Hall–Kier alpha value is -1.53. The molecule has 0 saturated carbocycles. The molecule has 2 fully saturated rings. The maximum Gasteiger partial charge on any atom is 0.246 e. The van der Waals surface area contributed by atoms with Gasteiger partial charge >= 0.3 is 0 Å². The third-order valence-corrected chi connectivity index (χ3v) is 5.39. The van der Waals surface area contributed by atoms with Crippen molar-refractivity contribution in [3.05, 3.63) is 35.9 Å². The highest BCUT2D eigenvalue weighted by Gasteiger charge is 2.29. The minimum Gasteiger partial charge on any atom is -0.343 e. The summed E-state index contributed by atoms with van der Waals surface area (Å²) >= 11 is 1.68. The molecule has 3 rings (SSSR count). The molecule has 2 heterocycles. The van der Waals surface area contributed by atoms with Crippen molar-refractivity contribution >= 4 is 23.6 Å². The molecule has 0 spiro atoms. The van der Waals surface area contributed by atoms with Crippen LogP contribution in [0.15, 0.2) is 30.3 Å². The van der Waals surface area contributed by atoms with Crippen LogP contribution in [0.5, 0.6) is 0 Å². The summed E-state index contributed by atoms with van der Waals surface area (Å²) in [4.78, 5) is 28.5. The molecule has 0 aromatic heterocycles. The first-order valence-electron chi connectivity index (χ1n) is 8.14. The van der Waals surface area contributed by atoms with Gasteiger partial charge in [0, 0.05) is 50.7 Å². The first-order chi connectivity index (χ1) is 11.2. The monoisotopic (exact) mass is 333 g/mol. The molecule has 2 aliphatic heterocycles. The summed E-state index contributed by atoms with van der Waals surface area (Å²) in [6.45, 7) is 4.17. The van der Waals surface area contributed by atoms with E-state index < -0.39 is 0 Å². The van der Waals surface area contributed by atoms with Crippen LogP contribution in [0.3, 0.4) is 0 Å². The second-order valence-corrected chi connectivity index (χ2v) is 7.18. The standard InChI is InChI=1S/C17H23N3O2S/c21-16-6-11-23-13-15(18-16)17(22)20-9-7-19(8-10-20)12-14-4-2-1-3-5-14/h1-5,15H,6-13H2,(H,18,21)/t15-/m0/s1. The second kappa shape index (κ2) is 7.84. The van der Waals surface area contributed by atoms with E-state index >= 15 is 0 Å². The van der Waals surface area contributed by atoms with Crippen molar-refractivity contribution in [1.29, 1.82) is 0 Å². The summed E-state index contributed by atoms with van der Waals surface area (Å²) in [5, 5.41) is 2.86. The van der Waals surface area contributed by atoms with E-state index in [9.17, 15) is 9.59 Å². The first kappa shape index (κ1) is 16.3. The number of thioether (sulfide) groups is 1. The van der Waals surface area contributed by atoms with Gasteiger partial charge in [-0.1, -0.05) is 30.3 Å². The van der Waals surface area contributed by atoms with E-state index in [1.165, 1.54) is 5.56 Å². The number of carbonyl (C=O) groups excluding carboxylic acids is 2. The minimum atomic E-state index is -0.351. The summed E-state index contributed by atoms with van der Waals surface area (Å²) < 4.78 is 0. The van der Waals surface area contributed by atoms with E-state index in [1.54, 1.807) is 11.8 Å². The lowest BCUT2D eigenvalue weighted by Gasteiger charge is -2.36. The molecule has 0 aliphatic carbocycles. The van der Waals surface area contributed by atoms with E-state index in [4.69, 9.17) is 0 Å². The highest BCUT2D eigenvalue weighted by Crippen LogP contribution is 2.14. The predicted octanol–water partition coefficient (Wildman–Crippen LogP) is 0.952. The topological polar surface area (TPSA) is 52.7 Å². The Morgan fingerprint density at radius 1 is 1.17 bits per heavy atom. The molecule has 2 amide bonds. The van der Waals surface area contributed by atoms with Crippen molar-refractivity contribution in [3.63, 3.8) is 0 Å². The molecular formula is C17H23N3O2S. The smallest absolute Gasteiger partial charge is 0.246 e. The summed E-state index contributed by atoms with van der Waals surface area (Å²) in [6.07, 6.45) is 0.513. The number of piperazine rings is 1. The first-order valence-corrected chi connectivity index (χ1v) is 9.30. The molecule has 1 atom stereocenters. The fraction of sp³-hybridized carbons (Fsp3) is 0.529. The lowest BCUT2D eigenvalue weighted by Crippen LogP contribution is -2.55. The lowest BCUT2D eigenvalue weighted by atomic mass is 10.2. The molecule has 6 heteroatoms. The van der Waals surface area contributed by atoms with Gasteiger partial charge < -0.3 is 10.2 Å². The quantitative estimate of drug-likeness (QED) is 0.895. The molecule has 2 aliphatic rings. The van der Waals surface area contributed by atoms with Gasteiger partial charge in [0.05, 0.1) is 0 Å². The predicted molar refractivity (Wildman–Crippen MR) is 92.2 cm³/mol. The average molecular weight is 333 g/mol. The molecule has 124 valence electrons. The minimum absolute atomic E-state index is 0.00364. The second-order valence-electron chi connectivity index (χ2n) is 6.03. The molecule has 0 bridgehead atoms. The number of carbonyl (C=O) groups is 2. The average Bonchev–Trinajstić information content (AvgIpc) is 2.80. The Labute approximate surface area is 141 Å². The Morgan fingerprint density at radius 3 is 2.65 bits per heavy atom. The third kappa shape index (κ3) is 4.48. The van der Waals surface area contributed by atoms with Crippen molar-refractivity contribution in [3.8, 4) is 0 Å². The molecule has 5 nitrogen and oxygen atoms in total. The van der Waals surface area contributed by atoms with Crippen molar-refractivity contribution in [2.45, 2.75) is 19.0 Å². The van der Waals surface area contributed by atoms with Crippen LogP contribution < -0.4 is 5.32 Å². The number of nitrogens with one attached hydrogen (secondary N) is 1. The van der Waals surface area contributed by atoms with Gasteiger partial charge in [-0.25, -0.2) is 0 Å². The van der Waals surface area contributed by atoms with Crippen LogP contribution in [0.4, 0.5) is 0 Å². The summed E-state index contributed by atoms with van der Waals surface area (Å²) in [6, 6.07) is 10.1. The van der Waals surface area contributed by atoms with Gasteiger partial charge in [-0.15, -0.1) is 0 Å². The number of benzene rings is 1. The van der Waals surface area contributed by atoms with Gasteiger partial charge in [-0.3, -0.25) is 14.5 Å². The van der Waals surface area contributed by atoms with Gasteiger partial charge in [0.25, 0.3) is 0 Å². The van der Waals surface area contributed by atoms with Crippen LogP contribution in [0, 0.1) is 0 Å². The number of amides is 2. The van der Waals surface area contributed by atoms with Crippen LogP contribution in [-0.4, -0.2) is 65.3 Å². The highest BCUT2D eigenvalue weighted by atomic mass is 32.2. The van der Waals surface area contributed by atoms with Crippen molar-refractivity contribution in [2.24, 2.45) is 0 Å². The zero-order valence-corrected chi connectivity index (χ0v) is 14.1.